The largest absolute Gasteiger partial charge is 0.375 e. The summed E-state index contributed by atoms with van der Waals surface area (Å²) >= 11 is 0. The Morgan fingerprint density at radius 2 is 1.83 bits per heavy atom. The molecule has 4 heterocycles. The molecule has 188 valence electrons. The van der Waals surface area contributed by atoms with Gasteiger partial charge in [-0.05, 0) is 24.1 Å². The van der Waals surface area contributed by atoms with E-state index in [1.807, 2.05) is 49.4 Å². The maximum atomic E-state index is 13.4. The summed E-state index contributed by atoms with van der Waals surface area (Å²) in [5.74, 6) is 1.40. The molecule has 10 heteroatoms. The minimum absolute atomic E-state index is 0.227. The molecule has 10 nitrogen and oxygen atoms in total. The zero-order valence-corrected chi connectivity index (χ0v) is 20.6. The number of nitrogens with one attached hydrogen (secondary N) is 2. The molecule has 0 amide bonds. The number of aromatic nitrogens is 5. The van der Waals surface area contributed by atoms with Crippen LogP contribution in [0.15, 0.2) is 58.3 Å². The van der Waals surface area contributed by atoms with Crippen molar-refractivity contribution in [3.8, 4) is 11.4 Å². The van der Waals surface area contributed by atoms with E-state index in [0.717, 1.165) is 43.1 Å². The van der Waals surface area contributed by atoms with Crippen molar-refractivity contribution in [2.45, 2.75) is 32.5 Å². The van der Waals surface area contributed by atoms with Crippen LogP contribution in [0.2, 0.25) is 0 Å². The van der Waals surface area contributed by atoms with E-state index >= 15 is 0 Å². The molecule has 1 fully saturated rings. The molecule has 3 aromatic heterocycles. The number of hydrogen-bond acceptors (Lipinski definition) is 7. The highest BCUT2D eigenvalue weighted by Gasteiger charge is 2.21. The Morgan fingerprint density at radius 3 is 2.50 bits per heavy atom. The Balaban J connectivity index is 1.57. The molecule has 0 bridgehead atoms. The number of anilines is 1. The van der Waals surface area contributed by atoms with Crippen molar-refractivity contribution in [3.05, 3.63) is 75.1 Å². The van der Waals surface area contributed by atoms with E-state index < -0.39 is 5.69 Å². The number of fused-ring (bicyclic) bond motifs is 1. The number of benzene rings is 1. The molecule has 1 atom stereocenters. The average Bonchev–Trinajstić information content (AvgIpc) is 3.38. The quantitative estimate of drug-likeness (QED) is 0.390. The van der Waals surface area contributed by atoms with Gasteiger partial charge < -0.3 is 19.9 Å². The minimum Gasteiger partial charge on any atom is -0.375 e. The lowest BCUT2D eigenvalue weighted by Crippen LogP contribution is -2.43. The number of ether oxygens (including phenoxy) is 1. The van der Waals surface area contributed by atoms with Crippen molar-refractivity contribution in [1.29, 1.82) is 0 Å². The lowest BCUT2D eigenvalue weighted by Gasteiger charge is -2.28. The third-order valence-electron chi connectivity index (χ3n) is 6.57. The molecular weight excluding hydrogens is 458 g/mol. The molecule has 0 aliphatic carbocycles. The molecule has 1 aliphatic heterocycles. The van der Waals surface area contributed by atoms with Gasteiger partial charge in [-0.1, -0.05) is 37.3 Å². The van der Waals surface area contributed by atoms with Crippen LogP contribution in [0.1, 0.15) is 25.0 Å². The average molecular weight is 490 g/mol. The molecule has 36 heavy (non-hydrogen) atoms. The molecule has 1 unspecified atom stereocenters. The monoisotopic (exact) mass is 489 g/mol. The highest BCUT2D eigenvalue weighted by Crippen LogP contribution is 2.23. The van der Waals surface area contributed by atoms with Crippen LogP contribution in [-0.4, -0.2) is 57.4 Å². The normalized spacial score (nSPS) is 14.9. The fourth-order valence-corrected chi connectivity index (χ4v) is 4.65. The number of piperazine rings is 1. The van der Waals surface area contributed by atoms with Gasteiger partial charge in [0.2, 0.25) is 0 Å². The number of H-pyrrole nitrogens is 1. The van der Waals surface area contributed by atoms with Crippen LogP contribution in [0, 0.1) is 0 Å². The maximum absolute atomic E-state index is 13.4. The van der Waals surface area contributed by atoms with E-state index in [0.29, 0.717) is 30.0 Å². The van der Waals surface area contributed by atoms with Crippen molar-refractivity contribution < 1.29 is 4.74 Å². The first kappa shape index (κ1) is 24.0. The number of aromatic amines is 1. The van der Waals surface area contributed by atoms with Gasteiger partial charge in [-0.25, -0.2) is 14.8 Å². The molecule has 1 saturated heterocycles. The highest BCUT2D eigenvalue weighted by molar-refractivity contribution is 5.75. The van der Waals surface area contributed by atoms with Gasteiger partial charge in [-0.3, -0.25) is 13.9 Å². The zero-order chi connectivity index (χ0) is 25.1. The van der Waals surface area contributed by atoms with Crippen LogP contribution >= 0.6 is 0 Å². The van der Waals surface area contributed by atoms with E-state index in [1.54, 1.807) is 13.3 Å². The van der Waals surface area contributed by atoms with Crippen molar-refractivity contribution >= 4 is 17.0 Å². The number of nitrogens with zero attached hydrogens (tertiary/aromatic N) is 5. The summed E-state index contributed by atoms with van der Waals surface area (Å²) in [6, 6.07) is 13.6. The number of rotatable bonds is 8. The summed E-state index contributed by atoms with van der Waals surface area (Å²) < 4.78 is 8.54. The second-order valence-electron chi connectivity index (χ2n) is 8.91. The molecule has 5 rings (SSSR count). The Morgan fingerprint density at radius 1 is 1.06 bits per heavy atom. The molecule has 0 spiro atoms. The predicted octanol–water partition coefficient (Wildman–Crippen LogP) is 2.16. The molecule has 1 aliphatic rings. The zero-order valence-electron chi connectivity index (χ0n) is 20.6. The molecule has 4 aromatic rings. The minimum atomic E-state index is -0.391. The van der Waals surface area contributed by atoms with Crippen LogP contribution in [-0.2, 0) is 17.8 Å². The van der Waals surface area contributed by atoms with Crippen molar-refractivity contribution in [3.63, 3.8) is 0 Å². The summed E-state index contributed by atoms with van der Waals surface area (Å²) in [5.41, 5.74) is 1.54. The van der Waals surface area contributed by atoms with Crippen molar-refractivity contribution in [2.75, 3.05) is 38.2 Å². The Kier molecular flexibility index (Phi) is 6.97. The third-order valence-corrected chi connectivity index (χ3v) is 6.57. The van der Waals surface area contributed by atoms with Gasteiger partial charge in [-0.15, -0.1) is 0 Å². The number of hydrogen-bond donors (Lipinski definition) is 2. The number of pyridine rings is 1. The second kappa shape index (κ2) is 10.5. The van der Waals surface area contributed by atoms with Crippen molar-refractivity contribution in [1.82, 2.24) is 29.4 Å². The van der Waals surface area contributed by atoms with E-state index in [-0.39, 0.29) is 18.2 Å². The second-order valence-corrected chi connectivity index (χ2v) is 8.91. The Labute approximate surface area is 208 Å². The lowest BCUT2D eigenvalue weighted by molar-refractivity contribution is 0.0872. The topological polar surface area (TPSA) is 110 Å². The van der Waals surface area contributed by atoms with Crippen LogP contribution in [0.5, 0.6) is 0 Å². The van der Waals surface area contributed by atoms with E-state index in [1.165, 1.54) is 9.13 Å². The Bertz CT molecular complexity index is 1430. The van der Waals surface area contributed by atoms with E-state index in [9.17, 15) is 9.59 Å². The van der Waals surface area contributed by atoms with E-state index in [4.69, 9.17) is 9.72 Å². The molecule has 1 aromatic carbocycles. The van der Waals surface area contributed by atoms with Gasteiger partial charge in [0, 0.05) is 51.6 Å². The van der Waals surface area contributed by atoms with Crippen LogP contribution in [0.3, 0.4) is 0 Å². The summed E-state index contributed by atoms with van der Waals surface area (Å²) in [4.78, 5) is 41.4. The van der Waals surface area contributed by atoms with Crippen LogP contribution in [0.25, 0.3) is 22.6 Å². The smallest absolute Gasteiger partial charge is 0.332 e. The highest BCUT2D eigenvalue weighted by atomic mass is 16.5. The molecule has 0 radical (unpaired) electrons. The van der Waals surface area contributed by atoms with Gasteiger partial charge in [0.1, 0.15) is 23.3 Å². The molecule has 2 N–H and O–H groups in total. The first-order chi connectivity index (χ1) is 17.6. The fraction of sp³-hybridized carbons (Fsp3) is 0.385. The number of imidazole rings is 1. The number of methoxy groups -OCH3 is 1. The van der Waals surface area contributed by atoms with Gasteiger partial charge in [0.05, 0.1) is 6.54 Å². The molecular formula is C26H31N7O3. The SMILES string of the molecule is CCCn1c(=O)c2[nH]c(-c3ccc(N4CCNCC4)nc3)nc2n(CC(OC)c2ccccc2)c1=O. The van der Waals surface area contributed by atoms with Crippen LogP contribution in [0.4, 0.5) is 5.82 Å². The molecule has 0 saturated carbocycles. The standard InChI is InChI=1S/C26H31N7O3/c1-3-13-32-25(34)22-24(33(26(32)35)17-20(36-2)18-7-5-4-6-8-18)30-23(29-22)19-9-10-21(28-16-19)31-14-11-27-12-15-31/h4-10,16,20,27H,3,11-15,17H2,1-2H3,(H,29,30). The summed E-state index contributed by atoms with van der Waals surface area (Å²) in [6.45, 7) is 6.16. The van der Waals surface area contributed by atoms with Gasteiger partial charge in [0.25, 0.3) is 5.56 Å². The van der Waals surface area contributed by atoms with Crippen LogP contribution < -0.4 is 21.5 Å². The summed E-state index contributed by atoms with van der Waals surface area (Å²) in [6.07, 6.45) is 2.04. The lowest BCUT2D eigenvalue weighted by atomic mass is 10.1. The van der Waals surface area contributed by atoms with Gasteiger partial charge >= 0.3 is 5.69 Å². The van der Waals surface area contributed by atoms with Crippen molar-refractivity contribution in [2.24, 2.45) is 0 Å². The maximum Gasteiger partial charge on any atom is 0.332 e. The van der Waals surface area contributed by atoms with Gasteiger partial charge in [-0.2, -0.15) is 0 Å². The Hall–Kier alpha value is -3.76. The fourth-order valence-electron chi connectivity index (χ4n) is 4.65. The first-order valence-corrected chi connectivity index (χ1v) is 12.3. The third kappa shape index (κ3) is 4.57. The first-order valence-electron chi connectivity index (χ1n) is 12.3. The summed E-state index contributed by atoms with van der Waals surface area (Å²) in [5, 5.41) is 3.34. The summed E-state index contributed by atoms with van der Waals surface area (Å²) in [7, 11) is 1.61. The predicted molar refractivity (Wildman–Crippen MR) is 139 cm³/mol. The van der Waals surface area contributed by atoms with E-state index in [2.05, 4.69) is 20.2 Å². The van der Waals surface area contributed by atoms with Gasteiger partial charge in [0.15, 0.2) is 5.65 Å².